The van der Waals surface area contributed by atoms with E-state index in [4.69, 9.17) is 9.36 Å². The number of urea groups is 1. The smallest absolute Gasteiger partial charge is 0.354 e. The van der Waals surface area contributed by atoms with Crippen LogP contribution in [0, 0.1) is 0 Å². The van der Waals surface area contributed by atoms with Gasteiger partial charge in [0, 0.05) is 11.6 Å². The first-order valence-electron chi connectivity index (χ1n) is 9.84. The van der Waals surface area contributed by atoms with Gasteiger partial charge in [-0.3, -0.25) is 5.32 Å². The van der Waals surface area contributed by atoms with Crippen molar-refractivity contribution in [2.24, 2.45) is 0 Å². The van der Waals surface area contributed by atoms with Gasteiger partial charge in [0.2, 0.25) is 0 Å². The van der Waals surface area contributed by atoms with E-state index < -0.39 is 6.03 Å². The van der Waals surface area contributed by atoms with Crippen LogP contribution >= 0.6 is 0 Å². The van der Waals surface area contributed by atoms with Crippen molar-refractivity contribution in [1.82, 2.24) is 15.1 Å². The zero-order valence-corrected chi connectivity index (χ0v) is 16.8. The highest BCUT2D eigenvalue weighted by molar-refractivity contribution is 6.00. The molecule has 0 radical (unpaired) electrons. The maximum Gasteiger partial charge on any atom is 0.361 e. The van der Waals surface area contributed by atoms with E-state index in [9.17, 15) is 4.79 Å². The largest absolute Gasteiger partial charge is 0.361 e. The van der Waals surface area contributed by atoms with E-state index in [-0.39, 0.29) is 11.7 Å². The topological polar surface area (TPSA) is 93.4 Å². The molecule has 2 heterocycles. The Kier molecular flexibility index (Phi) is 5.15. The summed E-state index contributed by atoms with van der Waals surface area (Å²) in [5, 5.41) is 8.46. The van der Waals surface area contributed by atoms with Crippen LogP contribution in [0.2, 0.25) is 0 Å². The number of carbonyl (C=O) groups excluding carboxylic acids is 1. The maximum atomic E-state index is 13.2. The lowest BCUT2D eigenvalue weighted by molar-refractivity contribution is 0.222. The van der Waals surface area contributed by atoms with Gasteiger partial charge < -0.3 is 9.36 Å². The summed E-state index contributed by atoms with van der Waals surface area (Å²) < 4.78 is 5.37. The van der Waals surface area contributed by atoms with Crippen molar-refractivity contribution in [1.29, 1.82) is 0 Å². The Hall–Kier alpha value is -4.72. The lowest BCUT2D eigenvalue weighted by atomic mass is 10.2. The molecule has 5 rings (SSSR count). The molecule has 0 aliphatic rings. The van der Waals surface area contributed by atoms with Crippen molar-refractivity contribution >= 4 is 28.4 Å². The fourth-order valence-corrected chi connectivity index (χ4v) is 3.15. The molecular weight excluding hydrogens is 406 g/mol. The van der Waals surface area contributed by atoms with Crippen molar-refractivity contribution in [3.63, 3.8) is 0 Å². The SMILES string of the molecule is O=C(Nc1cc(-c2ccccc2)on1)N(Oc1ncnc2ccccc12)c1ccccc1. The van der Waals surface area contributed by atoms with Crippen LogP contribution in [0.4, 0.5) is 16.3 Å². The van der Waals surface area contributed by atoms with Crippen molar-refractivity contribution < 1.29 is 14.2 Å². The number of nitrogens with zero attached hydrogens (tertiary/aromatic N) is 4. The predicted molar refractivity (Wildman–Crippen MR) is 120 cm³/mol. The average molecular weight is 423 g/mol. The normalized spacial score (nSPS) is 10.6. The number of carbonyl (C=O) groups is 1. The highest BCUT2D eigenvalue weighted by atomic mass is 16.7. The summed E-state index contributed by atoms with van der Waals surface area (Å²) in [5.74, 6) is 1.04. The number of hydrogen-bond acceptors (Lipinski definition) is 6. The third-order valence-corrected chi connectivity index (χ3v) is 4.66. The Morgan fingerprint density at radius 2 is 1.59 bits per heavy atom. The van der Waals surface area contributed by atoms with Crippen molar-refractivity contribution in [3.05, 3.63) is 97.3 Å². The molecule has 8 heteroatoms. The number of rotatable bonds is 5. The van der Waals surface area contributed by atoms with Gasteiger partial charge in [-0.1, -0.05) is 65.8 Å². The zero-order chi connectivity index (χ0) is 21.8. The number of fused-ring (bicyclic) bond motifs is 1. The number of aromatic nitrogens is 3. The Balaban J connectivity index is 1.44. The summed E-state index contributed by atoms with van der Waals surface area (Å²) >= 11 is 0. The molecule has 0 bridgehead atoms. The second-order valence-corrected chi connectivity index (χ2v) is 6.79. The van der Waals surface area contributed by atoms with Gasteiger partial charge in [-0.05, 0) is 24.3 Å². The van der Waals surface area contributed by atoms with Crippen molar-refractivity contribution in [2.75, 3.05) is 10.4 Å². The summed E-state index contributed by atoms with van der Waals surface area (Å²) in [5.41, 5.74) is 2.07. The third kappa shape index (κ3) is 3.97. The standard InChI is InChI=1S/C24H17N5O3/c30-24(27-22-15-21(31-28-22)17-9-3-1-4-10-17)29(18-11-5-2-6-12-18)32-23-19-13-7-8-14-20(19)25-16-26-23/h1-16H,(H,27,28,30). The first kappa shape index (κ1) is 19.3. The number of anilines is 2. The van der Waals surface area contributed by atoms with Gasteiger partial charge in [-0.25, -0.2) is 9.78 Å². The minimum atomic E-state index is -0.563. The fraction of sp³-hybridized carbons (Fsp3) is 0. The molecular formula is C24H17N5O3. The molecule has 0 saturated heterocycles. The molecule has 0 atom stereocenters. The zero-order valence-electron chi connectivity index (χ0n) is 16.8. The summed E-state index contributed by atoms with van der Waals surface area (Å²) in [6.45, 7) is 0. The molecule has 8 nitrogen and oxygen atoms in total. The summed E-state index contributed by atoms with van der Waals surface area (Å²) in [4.78, 5) is 27.6. The Bertz CT molecular complexity index is 1350. The molecule has 1 N–H and O–H groups in total. The number of para-hydroxylation sites is 2. The fourth-order valence-electron chi connectivity index (χ4n) is 3.15. The Morgan fingerprint density at radius 3 is 2.41 bits per heavy atom. The second-order valence-electron chi connectivity index (χ2n) is 6.79. The first-order valence-corrected chi connectivity index (χ1v) is 9.84. The quantitative estimate of drug-likeness (QED) is 0.385. The van der Waals surface area contributed by atoms with Crippen molar-refractivity contribution in [3.8, 4) is 17.2 Å². The van der Waals surface area contributed by atoms with Crippen LogP contribution in [0.1, 0.15) is 0 Å². The third-order valence-electron chi connectivity index (χ3n) is 4.66. The van der Waals surface area contributed by atoms with E-state index in [1.165, 1.54) is 6.33 Å². The summed E-state index contributed by atoms with van der Waals surface area (Å²) in [6.07, 6.45) is 1.39. The highest BCUT2D eigenvalue weighted by Crippen LogP contribution is 2.26. The molecule has 2 aromatic heterocycles. The van der Waals surface area contributed by atoms with Crippen LogP contribution in [0.25, 0.3) is 22.2 Å². The van der Waals surface area contributed by atoms with E-state index in [1.807, 2.05) is 60.7 Å². The number of hydrogen-bond donors (Lipinski definition) is 1. The molecule has 0 aliphatic heterocycles. The number of nitrogens with one attached hydrogen (secondary N) is 1. The van der Waals surface area contributed by atoms with Crippen LogP contribution in [-0.2, 0) is 0 Å². The molecule has 0 unspecified atom stereocenters. The molecule has 5 aromatic rings. The second kappa shape index (κ2) is 8.57. The van der Waals surface area contributed by atoms with E-state index in [0.29, 0.717) is 22.4 Å². The number of hydroxylamine groups is 1. The molecule has 2 amide bonds. The average Bonchev–Trinajstić information content (AvgIpc) is 3.32. The van der Waals surface area contributed by atoms with Gasteiger partial charge in [-0.2, -0.15) is 4.98 Å². The first-order chi connectivity index (χ1) is 15.8. The van der Waals surface area contributed by atoms with Crippen LogP contribution in [0.3, 0.4) is 0 Å². The minimum absolute atomic E-state index is 0.250. The van der Waals surface area contributed by atoms with E-state index in [0.717, 1.165) is 10.6 Å². The molecule has 3 aromatic carbocycles. The van der Waals surface area contributed by atoms with Crippen LogP contribution in [0.5, 0.6) is 5.88 Å². The monoisotopic (exact) mass is 423 g/mol. The van der Waals surface area contributed by atoms with E-state index in [2.05, 4.69) is 20.4 Å². The van der Waals surface area contributed by atoms with E-state index >= 15 is 0 Å². The predicted octanol–water partition coefficient (Wildman–Crippen LogP) is 5.32. The molecule has 156 valence electrons. The molecule has 0 spiro atoms. The van der Waals surface area contributed by atoms with Crippen LogP contribution in [-0.4, -0.2) is 21.2 Å². The molecule has 32 heavy (non-hydrogen) atoms. The Morgan fingerprint density at radius 1 is 0.875 bits per heavy atom. The summed E-state index contributed by atoms with van der Waals surface area (Å²) in [6, 6.07) is 26.9. The minimum Gasteiger partial charge on any atom is -0.354 e. The van der Waals surface area contributed by atoms with Crippen LogP contribution < -0.4 is 15.2 Å². The van der Waals surface area contributed by atoms with Gasteiger partial charge in [0.05, 0.1) is 16.6 Å². The van der Waals surface area contributed by atoms with Gasteiger partial charge >= 0.3 is 6.03 Å². The van der Waals surface area contributed by atoms with Gasteiger partial charge in [0.15, 0.2) is 11.6 Å². The highest BCUT2D eigenvalue weighted by Gasteiger charge is 2.22. The number of amides is 2. The molecule has 0 fully saturated rings. The van der Waals surface area contributed by atoms with Gasteiger partial charge in [0.1, 0.15) is 6.33 Å². The summed E-state index contributed by atoms with van der Waals surface area (Å²) in [7, 11) is 0. The maximum absolute atomic E-state index is 13.2. The van der Waals surface area contributed by atoms with E-state index in [1.54, 1.807) is 30.3 Å². The lowest BCUT2D eigenvalue weighted by Crippen LogP contribution is -2.38. The lowest BCUT2D eigenvalue weighted by Gasteiger charge is -2.22. The van der Waals surface area contributed by atoms with Crippen LogP contribution in [0.15, 0.2) is 102 Å². The van der Waals surface area contributed by atoms with Gasteiger partial charge in [-0.15, -0.1) is 5.06 Å². The number of benzene rings is 3. The van der Waals surface area contributed by atoms with Crippen molar-refractivity contribution in [2.45, 2.75) is 0 Å². The van der Waals surface area contributed by atoms with Gasteiger partial charge in [0.25, 0.3) is 5.88 Å². The molecule has 0 saturated carbocycles. The Labute approximate surface area is 183 Å². The molecule has 0 aliphatic carbocycles.